The molecule has 2 unspecified atom stereocenters. The molecule has 0 aliphatic heterocycles. The molecule has 0 amide bonds. The van der Waals surface area contributed by atoms with Crippen LogP contribution in [0.15, 0.2) is 0 Å². The van der Waals surface area contributed by atoms with Crippen LogP contribution in [0, 0.1) is 11.8 Å². The Balaban J connectivity index is 5.71. The second-order valence-corrected chi connectivity index (χ2v) is 20.8. The Morgan fingerprint density at radius 2 is 0.865 bits per heavy atom. The first-order valence-corrected chi connectivity index (χ1v) is 23.2. The van der Waals surface area contributed by atoms with Crippen LogP contribution in [-0.2, 0) is 15.7 Å². The molecule has 4 nitrogen and oxygen atoms in total. The molecule has 0 spiro atoms. The molecule has 0 rings (SSSR count). The molecule has 0 saturated carbocycles. The Hall–Kier alpha value is 0.439. The molecule has 0 radical (unpaired) electrons. The van der Waals surface area contributed by atoms with Crippen LogP contribution in [0.1, 0.15) is 143 Å². The maximum absolute atomic E-state index is 13.4. The summed E-state index contributed by atoms with van der Waals surface area (Å²) in [5.74, 6) is 0.206. The summed E-state index contributed by atoms with van der Waals surface area (Å²) in [6.07, 6.45) is 19.7. The standard InChI is InChI=1S/2C8H17.2C7H14O2S.Sn/c2*1-3-5-7-8-6-4-2;2*1-2-3-4-6(5-10)7(8)9;/h2*1,3-8H2,2H3;2*6,10H,2-5H2,1H3,(H,8,9);/q;;;;+2/p-2. The summed E-state index contributed by atoms with van der Waals surface area (Å²) in [7, 11) is 0. The Morgan fingerprint density at radius 1 is 0.541 bits per heavy atom. The molecular weight excluding hydrogens is 607 g/mol. The number of hydrogen-bond acceptors (Lipinski definition) is 6. The van der Waals surface area contributed by atoms with E-state index in [4.69, 9.17) is 6.15 Å². The van der Waals surface area contributed by atoms with Gasteiger partial charge in [-0.15, -0.1) is 0 Å². The molecular formula is C30H60O4S2Sn. The van der Waals surface area contributed by atoms with Gasteiger partial charge in [-0.05, 0) is 0 Å². The van der Waals surface area contributed by atoms with E-state index < -0.39 is 19.2 Å². The fourth-order valence-corrected chi connectivity index (χ4v) is 14.9. The molecule has 7 heteroatoms. The van der Waals surface area contributed by atoms with Crippen molar-refractivity contribution < 1.29 is 15.7 Å². The van der Waals surface area contributed by atoms with E-state index in [0.29, 0.717) is 11.5 Å². The van der Waals surface area contributed by atoms with Crippen LogP contribution < -0.4 is 0 Å². The first-order valence-electron chi connectivity index (χ1n) is 15.6. The minimum absolute atomic E-state index is 0.167. The van der Waals surface area contributed by atoms with Gasteiger partial charge in [-0.25, -0.2) is 0 Å². The second kappa shape index (κ2) is 25.4. The predicted octanol–water partition coefficient (Wildman–Crippen LogP) is 9.71. The van der Waals surface area contributed by atoms with Crippen LogP contribution in [0.25, 0.3) is 0 Å². The first-order chi connectivity index (χ1) is 17.9. The topological polar surface area (TPSA) is 52.6 Å². The van der Waals surface area contributed by atoms with Gasteiger partial charge in [0.25, 0.3) is 0 Å². The Labute approximate surface area is 246 Å². The average Bonchev–Trinajstić information content (AvgIpc) is 2.89. The van der Waals surface area contributed by atoms with Crippen molar-refractivity contribution in [2.45, 2.75) is 152 Å². The van der Waals surface area contributed by atoms with Gasteiger partial charge in [-0.2, -0.15) is 0 Å². The van der Waals surface area contributed by atoms with Gasteiger partial charge >= 0.3 is 248 Å². The molecule has 0 aromatic carbocycles. The summed E-state index contributed by atoms with van der Waals surface area (Å²) in [6, 6.07) is 0. The summed E-state index contributed by atoms with van der Waals surface area (Å²) >= 11 is 4.92. The van der Waals surface area contributed by atoms with E-state index in [1.54, 1.807) is 0 Å². The molecule has 0 aromatic rings. The van der Waals surface area contributed by atoms with E-state index in [0.717, 1.165) is 73.1 Å². The Kier molecular flexibility index (Phi) is 25.7. The van der Waals surface area contributed by atoms with Crippen molar-refractivity contribution in [3.8, 4) is 0 Å². The fourth-order valence-electron chi connectivity index (χ4n) is 4.70. The van der Waals surface area contributed by atoms with Gasteiger partial charge in [0.15, 0.2) is 0 Å². The number of rotatable bonds is 26. The number of hydrogen-bond donors (Lipinski definition) is 2. The van der Waals surface area contributed by atoms with E-state index in [1.165, 1.54) is 51.4 Å². The number of thiol groups is 2. The third-order valence-corrected chi connectivity index (χ3v) is 17.8. The molecule has 0 bridgehead atoms. The monoisotopic (exact) mass is 668 g/mol. The van der Waals surface area contributed by atoms with E-state index in [9.17, 15) is 9.59 Å². The van der Waals surface area contributed by atoms with Gasteiger partial charge in [0.2, 0.25) is 0 Å². The average molecular weight is 668 g/mol. The summed E-state index contributed by atoms with van der Waals surface area (Å²) in [6.45, 7) is 8.73. The number of carbonyl (C=O) groups is 2. The van der Waals surface area contributed by atoms with Crippen molar-refractivity contribution in [3.63, 3.8) is 0 Å². The Bertz CT molecular complexity index is 514. The zero-order chi connectivity index (χ0) is 27.8. The van der Waals surface area contributed by atoms with Gasteiger partial charge in [-0.3, -0.25) is 0 Å². The molecule has 0 heterocycles. The molecule has 2 atom stereocenters. The van der Waals surface area contributed by atoms with E-state index in [1.807, 2.05) is 0 Å². The van der Waals surface area contributed by atoms with Crippen LogP contribution in [0.3, 0.4) is 0 Å². The first kappa shape index (κ1) is 37.4. The molecule has 37 heavy (non-hydrogen) atoms. The summed E-state index contributed by atoms with van der Waals surface area (Å²) < 4.78 is 14.5. The van der Waals surface area contributed by atoms with Crippen molar-refractivity contribution in [3.05, 3.63) is 0 Å². The van der Waals surface area contributed by atoms with Gasteiger partial charge in [0.1, 0.15) is 0 Å². The molecule has 0 saturated heterocycles. The zero-order valence-electron chi connectivity index (χ0n) is 24.7. The molecule has 0 N–H and O–H groups in total. The van der Waals surface area contributed by atoms with Gasteiger partial charge in [-0.1, -0.05) is 0 Å². The quantitative estimate of drug-likeness (QED) is 0.0548. The van der Waals surface area contributed by atoms with E-state index in [-0.39, 0.29) is 23.8 Å². The van der Waals surface area contributed by atoms with Crippen molar-refractivity contribution >= 4 is 56.4 Å². The van der Waals surface area contributed by atoms with Crippen LogP contribution in [0.2, 0.25) is 8.87 Å². The van der Waals surface area contributed by atoms with Crippen molar-refractivity contribution in [2.24, 2.45) is 11.8 Å². The normalized spacial score (nSPS) is 13.4. The molecule has 0 aliphatic carbocycles. The predicted molar refractivity (Wildman–Crippen MR) is 168 cm³/mol. The third kappa shape index (κ3) is 18.4. The van der Waals surface area contributed by atoms with Gasteiger partial charge < -0.3 is 0 Å². The Morgan fingerprint density at radius 3 is 1.19 bits per heavy atom. The van der Waals surface area contributed by atoms with Crippen molar-refractivity contribution in [1.82, 2.24) is 0 Å². The van der Waals surface area contributed by atoms with Gasteiger partial charge in [0, 0.05) is 0 Å². The SMILES string of the molecule is CCCCCCC[CH2][Sn]([CH2]CCCCCCC)([O]C(=O)C(CS)CCCC)[O]C(=O)C(CS)CCCC. The number of carbonyl (C=O) groups excluding carboxylic acids is 2. The van der Waals surface area contributed by atoms with E-state index >= 15 is 0 Å². The summed E-state index contributed by atoms with van der Waals surface area (Å²) in [5.41, 5.74) is 0. The second-order valence-electron chi connectivity index (χ2n) is 10.8. The van der Waals surface area contributed by atoms with Crippen LogP contribution in [-0.4, -0.2) is 42.6 Å². The third-order valence-electron chi connectivity index (χ3n) is 7.32. The summed E-state index contributed by atoms with van der Waals surface area (Å²) in [4.78, 5) is 26.8. The molecule has 0 aliphatic rings. The van der Waals surface area contributed by atoms with Crippen LogP contribution >= 0.6 is 25.3 Å². The van der Waals surface area contributed by atoms with Gasteiger partial charge in [0.05, 0.1) is 0 Å². The molecule has 220 valence electrons. The molecule has 0 fully saturated rings. The van der Waals surface area contributed by atoms with E-state index in [2.05, 4.69) is 53.0 Å². The fraction of sp³-hybridized carbons (Fsp3) is 0.933. The van der Waals surface area contributed by atoms with Crippen molar-refractivity contribution in [2.75, 3.05) is 11.5 Å². The molecule has 0 aromatic heterocycles. The summed E-state index contributed by atoms with van der Waals surface area (Å²) in [5, 5.41) is 0. The minimum atomic E-state index is -4.03. The maximum atomic E-state index is 13.4. The van der Waals surface area contributed by atoms with Crippen LogP contribution in [0.5, 0.6) is 0 Å². The number of unbranched alkanes of at least 4 members (excludes halogenated alkanes) is 12. The van der Waals surface area contributed by atoms with Crippen LogP contribution in [0.4, 0.5) is 0 Å². The van der Waals surface area contributed by atoms with Crippen molar-refractivity contribution in [1.29, 1.82) is 0 Å². The zero-order valence-corrected chi connectivity index (χ0v) is 29.4.